The van der Waals surface area contributed by atoms with Crippen LogP contribution in [0.5, 0.6) is 5.88 Å². The minimum absolute atomic E-state index is 0.00262. The van der Waals surface area contributed by atoms with E-state index in [1.165, 1.54) is 35.1 Å². The van der Waals surface area contributed by atoms with Gasteiger partial charge >= 0.3 is 6.18 Å². The van der Waals surface area contributed by atoms with Gasteiger partial charge in [-0.3, -0.25) is 4.79 Å². The molecule has 5 rings (SSSR count). The lowest BCUT2D eigenvalue weighted by Crippen LogP contribution is -2.41. The number of ether oxygens (including phenoxy) is 1. The molecule has 13 heteroatoms. The summed E-state index contributed by atoms with van der Waals surface area (Å²) >= 11 is 0. The van der Waals surface area contributed by atoms with Crippen molar-refractivity contribution in [3.63, 3.8) is 0 Å². The number of alkyl halides is 3. The maximum Gasteiger partial charge on any atom is 0.397 e. The van der Waals surface area contributed by atoms with Gasteiger partial charge in [-0.25, -0.2) is 22.8 Å². The van der Waals surface area contributed by atoms with E-state index in [-0.39, 0.29) is 46.5 Å². The summed E-state index contributed by atoms with van der Waals surface area (Å²) in [5.41, 5.74) is -1.65. The monoisotopic (exact) mass is 591 g/mol. The summed E-state index contributed by atoms with van der Waals surface area (Å²) in [7, 11) is -4.16. The van der Waals surface area contributed by atoms with Crippen molar-refractivity contribution in [2.24, 2.45) is 11.3 Å². The average molecular weight is 592 g/mol. The summed E-state index contributed by atoms with van der Waals surface area (Å²) in [6.07, 6.45) is -1.96. The van der Waals surface area contributed by atoms with Crippen LogP contribution in [0.3, 0.4) is 0 Å². The normalized spacial score (nSPS) is 19.7. The Hall–Kier alpha value is -3.61. The number of aryl methyl sites for hydroxylation is 1. The fourth-order valence-corrected chi connectivity index (χ4v) is 6.60. The molecule has 3 aromatic rings. The van der Waals surface area contributed by atoms with Gasteiger partial charge in [0.05, 0.1) is 10.5 Å². The number of benzene rings is 1. The summed E-state index contributed by atoms with van der Waals surface area (Å²) in [5.74, 6) is 0.0473. The zero-order valence-electron chi connectivity index (χ0n) is 23.2. The van der Waals surface area contributed by atoms with Crippen LogP contribution in [0, 0.1) is 18.3 Å². The van der Waals surface area contributed by atoms with Gasteiger partial charge in [0, 0.05) is 24.3 Å². The van der Waals surface area contributed by atoms with E-state index in [4.69, 9.17) is 9.72 Å². The highest BCUT2D eigenvalue weighted by atomic mass is 32.2. The highest BCUT2D eigenvalue weighted by Crippen LogP contribution is 2.57. The molecule has 220 valence electrons. The van der Waals surface area contributed by atoms with Crippen molar-refractivity contribution in [2.75, 3.05) is 18.1 Å². The third-order valence-corrected chi connectivity index (χ3v) is 9.29. The number of halogens is 3. The molecule has 1 saturated heterocycles. The van der Waals surface area contributed by atoms with Gasteiger partial charge in [-0.1, -0.05) is 25.1 Å². The number of carbonyl (C=O) groups is 1. The Labute approximate surface area is 236 Å². The van der Waals surface area contributed by atoms with E-state index < -0.39 is 34.1 Å². The molecule has 0 spiro atoms. The van der Waals surface area contributed by atoms with Gasteiger partial charge in [0.25, 0.3) is 15.9 Å². The molecule has 3 heterocycles. The van der Waals surface area contributed by atoms with E-state index in [0.717, 1.165) is 6.42 Å². The van der Waals surface area contributed by atoms with Crippen molar-refractivity contribution in [2.45, 2.75) is 63.6 Å². The van der Waals surface area contributed by atoms with Crippen LogP contribution in [0.1, 0.15) is 56.0 Å². The second-order valence-electron chi connectivity index (χ2n) is 11.6. The van der Waals surface area contributed by atoms with Crippen molar-refractivity contribution in [3.8, 4) is 11.7 Å². The molecule has 1 atom stereocenters. The van der Waals surface area contributed by atoms with Crippen molar-refractivity contribution in [1.29, 1.82) is 0 Å². The van der Waals surface area contributed by atoms with E-state index in [0.29, 0.717) is 17.9 Å². The number of hydrogen-bond acceptors (Lipinski definition) is 7. The van der Waals surface area contributed by atoms with Gasteiger partial charge in [-0.15, -0.1) is 5.10 Å². The number of carbonyl (C=O) groups excluding carboxylic acids is 1. The van der Waals surface area contributed by atoms with Gasteiger partial charge in [-0.2, -0.15) is 13.2 Å². The number of aromatic nitrogens is 3. The molecule has 0 radical (unpaired) electrons. The number of pyridine rings is 1. The van der Waals surface area contributed by atoms with E-state index in [2.05, 4.69) is 16.7 Å². The fraction of sp³-hybridized carbons (Fsp3) is 0.464. The molecule has 0 unspecified atom stereocenters. The molecule has 9 nitrogen and oxygen atoms in total. The first-order valence-corrected chi connectivity index (χ1v) is 14.8. The second kappa shape index (κ2) is 10.0. The topological polar surface area (TPSA) is 106 Å². The SMILES string of the molecule is Cc1ccccc1S(=O)(=O)NC(=O)c1ccc(-n2ccc(OCC3(C(F)(F)F)CC3)n2)nc1N1C[C@@H](C)CC1(C)C. The second-order valence-corrected chi connectivity index (χ2v) is 13.3. The molecule has 1 aliphatic heterocycles. The Morgan fingerprint density at radius 1 is 1.15 bits per heavy atom. The fourth-order valence-electron chi connectivity index (χ4n) is 5.38. The standard InChI is InChI=1S/C28H32F3N5O4S/c1-18-15-26(3,4)35(16-18)24-20(25(37)34-41(38,39)21-8-6-5-7-19(21)2)9-10-22(32-24)36-14-11-23(33-36)40-17-27(12-13-27)28(29,30)31/h5-11,14,18H,12-13,15-17H2,1-4H3,(H,34,37)/t18-/m0/s1. The Kier molecular flexibility index (Phi) is 7.07. The summed E-state index contributed by atoms with van der Waals surface area (Å²) in [4.78, 5) is 20.1. The molecule has 41 heavy (non-hydrogen) atoms. The molecular formula is C28H32F3N5O4S. The van der Waals surface area contributed by atoms with Gasteiger partial charge in [0.15, 0.2) is 5.82 Å². The van der Waals surface area contributed by atoms with Gasteiger partial charge in [-0.05, 0) is 69.7 Å². The molecule has 0 bridgehead atoms. The summed E-state index contributed by atoms with van der Waals surface area (Å²) < 4.78 is 74.9. The molecule has 1 N–H and O–H groups in total. The molecule has 1 saturated carbocycles. The summed E-state index contributed by atoms with van der Waals surface area (Å²) in [5, 5.41) is 4.25. The van der Waals surface area contributed by atoms with Crippen molar-refractivity contribution >= 4 is 21.7 Å². The number of anilines is 1. The van der Waals surface area contributed by atoms with E-state index in [1.54, 1.807) is 25.1 Å². The number of hydrogen-bond donors (Lipinski definition) is 1. The lowest BCUT2D eigenvalue weighted by atomic mass is 9.97. The smallest absolute Gasteiger partial charge is 0.397 e. The first-order valence-electron chi connectivity index (χ1n) is 13.3. The zero-order valence-corrected chi connectivity index (χ0v) is 24.0. The first kappa shape index (κ1) is 28.9. The van der Waals surface area contributed by atoms with Crippen LogP contribution < -0.4 is 14.4 Å². The van der Waals surface area contributed by atoms with Crippen LogP contribution in [-0.2, 0) is 10.0 Å². The predicted octanol–water partition coefficient (Wildman–Crippen LogP) is 5.04. The Morgan fingerprint density at radius 3 is 2.46 bits per heavy atom. The Balaban J connectivity index is 1.45. The van der Waals surface area contributed by atoms with Crippen LogP contribution in [-0.4, -0.2) is 54.0 Å². The number of nitrogens with one attached hydrogen (secondary N) is 1. The molecule has 2 fully saturated rings. The Morgan fingerprint density at radius 2 is 1.85 bits per heavy atom. The van der Waals surface area contributed by atoms with Crippen LogP contribution in [0.25, 0.3) is 5.82 Å². The molecule has 1 amide bonds. The quantitative estimate of drug-likeness (QED) is 0.391. The van der Waals surface area contributed by atoms with Crippen molar-refractivity contribution < 1.29 is 31.1 Å². The van der Waals surface area contributed by atoms with E-state index in [1.807, 2.05) is 18.7 Å². The lowest BCUT2D eigenvalue weighted by molar-refractivity contribution is -0.194. The number of sulfonamides is 1. The molecule has 2 aromatic heterocycles. The Bertz CT molecular complexity index is 1580. The van der Waals surface area contributed by atoms with E-state index >= 15 is 0 Å². The maximum atomic E-state index is 13.4. The largest absolute Gasteiger partial charge is 0.476 e. The van der Waals surface area contributed by atoms with Crippen LogP contribution in [0.15, 0.2) is 53.6 Å². The third-order valence-electron chi connectivity index (χ3n) is 7.79. The zero-order chi connectivity index (χ0) is 29.8. The van der Waals surface area contributed by atoms with Gasteiger partial charge in [0.1, 0.15) is 17.8 Å². The summed E-state index contributed by atoms with van der Waals surface area (Å²) in [6.45, 7) is 7.83. The van der Waals surface area contributed by atoms with Crippen LogP contribution in [0.4, 0.5) is 19.0 Å². The third kappa shape index (κ3) is 5.64. The van der Waals surface area contributed by atoms with Crippen molar-refractivity contribution in [1.82, 2.24) is 19.5 Å². The average Bonchev–Trinajstić information content (AvgIpc) is 3.45. The molecule has 1 aromatic carbocycles. The molecule has 1 aliphatic carbocycles. The number of rotatable bonds is 8. The number of amides is 1. The van der Waals surface area contributed by atoms with Crippen LogP contribution >= 0.6 is 0 Å². The maximum absolute atomic E-state index is 13.4. The summed E-state index contributed by atoms with van der Waals surface area (Å²) in [6, 6.07) is 10.8. The predicted molar refractivity (Wildman–Crippen MR) is 146 cm³/mol. The molecular weight excluding hydrogens is 559 g/mol. The minimum atomic E-state index is -4.34. The lowest BCUT2D eigenvalue weighted by Gasteiger charge is -2.34. The first-order chi connectivity index (χ1) is 19.1. The minimum Gasteiger partial charge on any atom is -0.476 e. The van der Waals surface area contributed by atoms with Gasteiger partial charge in [0.2, 0.25) is 5.88 Å². The van der Waals surface area contributed by atoms with Gasteiger partial charge < -0.3 is 9.64 Å². The van der Waals surface area contributed by atoms with Crippen molar-refractivity contribution in [3.05, 3.63) is 59.8 Å². The highest BCUT2D eigenvalue weighted by Gasteiger charge is 2.64. The van der Waals surface area contributed by atoms with Crippen LogP contribution in [0.2, 0.25) is 0 Å². The number of nitrogens with zero attached hydrogens (tertiary/aromatic N) is 4. The molecule has 2 aliphatic rings. The van der Waals surface area contributed by atoms with E-state index in [9.17, 15) is 26.4 Å². The highest BCUT2D eigenvalue weighted by molar-refractivity contribution is 7.90.